The second kappa shape index (κ2) is 8.21. The maximum Gasteiger partial charge on any atom is 0.326 e. The molecule has 0 spiro atoms. The fourth-order valence-corrected chi connectivity index (χ4v) is 2.04. The molecule has 7 heteroatoms. The molecule has 0 aliphatic heterocycles. The molecule has 1 heterocycles. The van der Waals surface area contributed by atoms with Crippen LogP contribution in [0.15, 0.2) is 18.3 Å². The Balaban J connectivity index is 2.48. The first-order valence-corrected chi connectivity index (χ1v) is 6.74. The number of unbranched alkanes of at least 4 members (excludes halogenated alkanes) is 1. The molecule has 0 aliphatic carbocycles. The fraction of sp³-hybridized carbons (Fsp3) is 0.500. The van der Waals surface area contributed by atoms with E-state index in [0.717, 1.165) is 0 Å². The van der Waals surface area contributed by atoms with Gasteiger partial charge in [-0.05, 0) is 18.6 Å². The monoisotopic (exact) mass is 296 g/mol. The number of hydrogen-bond acceptors (Lipinski definition) is 4. The third-order valence-electron chi connectivity index (χ3n) is 3.07. The number of pyridine rings is 1. The quantitative estimate of drug-likeness (QED) is 0.433. The highest BCUT2D eigenvalue weighted by molar-refractivity contribution is 5.81. The predicted octanol–water partition coefficient (Wildman–Crippen LogP) is -0.700. The van der Waals surface area contributed by atoms with E-state index in [9.17, 15) is 19.8 Å². The number of carboxylic acids is 1. The van der Waals surface area contributed by atoms with Crippen molar-refractivity contribution in [3.05, 3.63) is 24.0 Å². The van der Waals surface area contributed by atoms with Crippen molar-refractivity contribution in [3.63, 3.8) is 0 Å². The van der Waals surface area contributed by atoms with Crippen LogP contribution in [0, 0.1) is 0 Å². The first-order chi connectivity index (χ1) is 9.93. The third kappa shape index (κ3) is 5.78. The zero-order chi connectivity index (χ0) is 15.8. The average molecular weight is 296 g/mol. The van der Waals surface area contributed by atoms with Gasteiger partial charge in [-0.3, -0.25) is 4.79 Å². The number of aliphatic carboxylic acids is 1. The summed E-state index contributed by atoms with van der Waals surface area (Å²) in [7, 11) is 0. The Hall–Kier alpha value is -2.15. The number of aliphatic hydroxyl groups is 1. The molecule has 0 radical (unpaired) electrons. The zero-order valence-electron chi connectivity index (χ0n) is 11.9. The standard InChI is InChI=1S/C14H20N2O5/c1-10(18)15-13(14(20)21)4-2-3-7-16-8-12(19)6-5-11(16)9-17/h5-6,8,13,17H,2-4,7,9H2,1H3,(H2-,15,18,19,20,21). The number of aryl methyl sites for hydroxylation is 1. The van der Waals surface area contributed by atoms with Gasteiger partial charge in [0, 0.05) is 19.4 Å². The lowest BCUT2D eigenvalue weighted by Gasteiger charge is -2.12. The Bertz CT molecular complexity index is 504. The third-order valence-corrected chi connectivity index (χ3v) is 3.07. The Morgan fingerprint density at radius 2 is 2.10 bits per heavy atom. The molecule has 1 unspecified atom stereocenters. The highest BCUT2D eigenvalue weighted by atomic mass is 16.4. The summed E-state index contributed by atoms with van der Waals surface area (Å²) in [6, 6.07) is 2.06. The van der Waals surface area contributed by atoms with Crippen molar-refractivity contribution >= 4 is 11.9 Å². The van der Waals surface area contributed by atoms with Gasteiger partial charge in [0.2, 0.25) is 11.6 Å². The molecular weight excluding hydrogens is 276 g/mol. The topological polar surface area (TPSA) is 114 Å². The van der Waals surface area contributed by atoms with Gasteiger partial charge in [-0.15, -0.1) is 0 Å². The van der Waals surface area contributed by atoms with E-state index >= 15 is 0 Å². The van der Waals surface area contributed by atoms with Crippen molar-refractivity contribution in [3.8, 4) is 5.75 Å². The first kappa shape index (κ1) is 16.9. The van der Waals surface area contributed by atoms with Crippen LogP contribution < -0.4 is 15.0 Å². The van der Waals surface area contributed by atoms with Gasteiger partial charge in [-0.25, -0.2) is 9.36 Å². The number of carboxylic acid groups (broad SMARTS) is 1. The molecule has 1 amide bonds. The van der Waals surface area contributed by atoms with Crippen LogP contribution in [0.5, 0.6) is 5.75 Å². The lowest BCUT2D eigenvalue weighted by atomic mass is 10.1. The Kier molecular flexibility index (Phi) is 6.61. The maximum atomic E-state index is 11.3. The van der Waals surface area contributed by atoms with Gasteiger partial charge < -0.3 is 20.6 Å². The molecule has 1 rings (SSSR count). The molecule has 7 nitrogen and oxygen atoms in total. The SMILES string of the molecule is CC(=O)NC(CCCC[n+]1cc([O-])ccc1CO)C(=O)O. The minimum atomic E-state index is -1.06. The molecule has 3 N–H and O–H groups in total. The average Bonchev–Trinajstić information content (AvgIpc) is 2.41. The highest BCUT2D eigenvalue weighted by Gasteiger charge is 2.18. The Morgan fingerprint density at radius 3 is 2.67 bits per heavy atom. The number of rotatable bonds is 8. The van der Waals surface area contributed by atoms with Crippen molar-refractivity contribution in [2.75, 3.05) is 0 Å². The van der Waals surface area contributed by atoms with Crippen LogP contribution in [-0.4, -0.2) is 28.1 Å². The summed E-state index contributed by atoms with van der Waals surface area (Å²) >= 11 is 0. The van der Waals surface area contributed by atoms with Crippen LogP contribution in [-0.2, 0) is 22.7 Å². The Morgan fingerprint density at radius 1 is 1.38 bits per heavy atom. The minimum Gasteiger partial charge on any atom is -0.868 e. The molecule has 1 aromatic rings. The minimum absolute atomic E-state index is 0.145. The van der Waals surface area contributed by atoms with Gasteiger partial charge in [0.1, 0.15) is 19.2 Å². The zero-order valence-corrected chi connectivity index (χ0v) is 11.9. The van der Waals surface area contributed by atoms with Crippen LogP contribution in [0.25, 0.3) is 0 Å². The summed E-state index contributed by atoms with van der Waals surface area (Å²) in [6.45, 7) is 1.63. The van der Waals surface area contributed by atoms with Gasteiger partial charge in [-0.2, -0.15) is 0 Å². The molecule has 0 saturated heterocycles. The summed E-state index contributed by atoms with van der Waals surface area (Å²) in [5, 5.41) is 31.8. The van der Waals surface area contributed by atoms with Crippen molar-refractivity contribution in [2.24, 2.45) is 0 Å². The van der Waals surface area contributed by atoms with Gasteiger partial charge in [0.15, 0.2) is 6.20 Å². The van der Waals surface area contributed by atoms with Crippen molar-refractivity contribution in [1.29, 1.82) is 0 Å². The lowest BCUT2D eigenvalue weighted by Crippen LogP contribution is -2.40. The number of carbonyl (C=O) groups is 2. The smallest absolute Gasteiger partial charge is 0.326 e. The van der Waals surface area contributed by atoms with E-state index in [1.54, 1.807) is 10.6 Å². The van der Waals surface area contributed by atoms with Gasteiger partial charge >= 0.3 is 5.97 Å². The summed E-state index contributed by atoms with van der Waals surface area (Å²) in [6.07, 6.45) is 2.96. The van der Waals surface area contributed by atoms with Gasteiger partial charge in [0.05, 0.1) is 0 Å². The molecule has 0 bridgehead atoms. The summed E-state index contributed by atoms with van der Waals surface area (Å²) in [4.78, 5) is 21.8. The van der Waals surface area contributed by atoms with E-state index in [1.165, 1.54) is 19.2 Å². The molecular formula is C14H20N2O5. The number of aliphatic hydroxyl groups excluding tert-OH is 1. The molecule has 1 atom stereocenters. The lowest BCUT2D eigenvalue weighted by molar-refractivity contribution is -0.708. The van der Waals surface area contributed by atoms with Crippen LogP contribution in [0.3, 0.4) is 0 Å². The van der Waals surface area contributed by atoms with Crippen LogP contribution in [0.1, 0.15) is 31.9 Å². The number of nitrogens with zero attached hydrogens (tertiary/aromatic N) is 1. The van der Waals surface area contributed by atoms with Crippen molar-refractivity contribution in [1.82, 2.24) is 5.32 Å². The fourth-order valence-electron chi connectivity index (χ4n) is 2.04. The summed E-state index contributed by atoms with van der Waals surface area (Å²) in [5.41, 5.74) is 0.631. The molecule has 0 aliphatic rings. The van der Waals surface area contributed by atoms with Gasteiger partial charge in [-0.1, -0.05) is 6.07 Å². The molecule has 0 saturated carbocycles. The normalized spacial score (nSPS) is 11.9. The molecule has 21 heavy (non-hydrogen) atoms. The van der Waals surface area contributed by atoms with E-state index in [0.29, 0.717) is 31.5 Å². The molecule has 0 aromatic carbocycles. The van der Waals surface area contributed by atoms with Crippen LogP contribution in [0.4, 0.5) is 0 Å². The van der Waals surface area contributed by atoms with E-state index in [4.69, 9.17) is 5.11 Å². The maximum absolute atomic E-state index is 11.3. The summed E-state index contributed by atoms with van der Waals surface area (Å²) < 4.78 is 1.66. The second-order valence-electron chi connectivity index (χ2n) is 4.79. The largest absolute Gasteiger partial charge is 0.868 e. The second-order valence-corrected chi connectivity index (χ2v) is 4.79. The Labute approximate surface area is 122 Å². The molecule has 1 aromatic heterocycles. The van der Waals surface area contributed by atoms with E-state index in [1.807, 2.05) is 0 Å². The van der Waals surface area contributed by atoms with E-state index in [-0.39, 0.29) is 18.3 Å². The highest BCUT2D eigenvalue weighted by Crippen LogP contribution is 2.05. The van der Waals surface area contributed by atoms with E-state index in [2.05, 4.69) is 5.32 Å². The van der Waals surface area contributed by atoms with Crippen molar-refractivity contribution in [2.45, 2.75) is 45.4 Å². The first-order valence-electron chi connectivity index (χ1n) is 6.74. The molecule has 116 valence electrons. The number of amides is 1. The number of carbonyl (C=O) groups excluding carboxylic acids is 1. The number of hydrogen-bond donors (Lipinski definition) is 3. The number of aromatic nitrogens is 1. The molecule has 0 fully saturated rings. The van der Waals surface area contributed by atoms with Crippen LogP contribution in [0.2, 0.25) is 0 Å². The van der Waals surface area contributed by atoms with E-state index < -0.39 is 12.0 Å². The predicted molar refractivity (Wildman–Crippen MR) is 71.1 cm³/mol. The number of nitrogens with one attached hydrogen (secondary N) is 1. The van der Waals surface area contributed by atoms with Crippen LogP contribution >= 0.6 is 0 Å². The van der Waals surface area contributed by atoms with Crippen molar-refractivity contribution < 1.29 is 29.5 Å². The summed E-state index contributed by atoms with van der Waals surface area (Å²) in [5.74, 6) is -1.58. The van der Waals surface area contributed by atoms with Gasteiger partial charge in [0.25, 0.3) is 0 Å².